The molecule has 1 aromatic heterocycles. The first-order valence-corrected chi connectivity index (χ1v) is 8.64. The lowest BCUT2D eigenvalue weighted by Crippen LogP contribution is -2.40. The van der Waals surface area contributed by atoms with E-state index < -0.39 is 0 Å². The maximum atomic E-state index is 12.1. The van der Waals surface area contributed by atoms with Crippen LogP contribution in [0.2, 0.25) is 0 Å². The molecule has 1 aliphatic carbocycles. The van der Waals surface area contributed by atoms with Gasteiger partial charge in [0.15, 0.2) is 0 Å². The van der Waals surface area contributed by atoms with E-state index >= 15 is 0 Å². The summed E-state index contributed by atoms with van der Waals surface area (Å²) in [5, 5.41) is 4.49. The van der Waals surface area contributed by atoms with Gasteiger partial charge >= 0.3 is 0 Å². The molecule has 126 valence electrons. The van der Waals surface area contributed by atoms with Crippen LogP contribution in [0.5, 0.6) is 5.75 Å². The Hall–Kier alpha value is -2.30. The SMILES string of the molecule is COc1c(-c2cnn(C3CC3)c2)ccc2c1CCC(C)N2C(C)=O. The van der Waals surface area contributed by atoms with Gasteiger partial charge in [-0.1, -0.05) is 0 Å². The van der Waals surface area contributed by atoms with Crippen LogP contribution in [-0.4, -0.2) is 28.8 Å². The van der Waals surface area contributed by atoms with E-state index in [1.165, 1.54) is 12.8 Å². The topological polar surface area (TPSA) is 47.4 Å². The Labute approximate surface area is 142 Å². The molecule has 2 aliphatic rings. The predicted octanol–water partition coefficient (Wildman–Crippen LogP) is 3.58. The number of aromatic nitrogens is 2. The third kappa shape index (κ3) is 2.39. The maximum absolute atomic E-state index is 12.1. The number of benzene rings is 1. The Morgan fingerprint density at radius 1 is 1.29 bits per heavy atom. The average molecular weight is 325 g/mol. The molecule has 5 heteroatoms. The molecule has 0 radical (unpaired) electrons. The number of anilines is 1. The molecule has 4 rings (SSSR count). The highest BCUT2D eigenvalue weighted by Crippen LogP contribution is 2.43. The third-order valence-corrected chi connectivity index (χ3v) is 5.13. The number of rotatable bonds is 3. The fourth-order valence-corrected chi connectivity index (χ4v) is 3.76. The highest BCUT2D eigenvalue weighted by molar-refractivity contribution is 5.95. The van der Waals surface area contributed by atoms with E-state index in [-0.39, 0.29) is 11.9 Å². The van der Waals surface area contributed by atoms with Gasteiger partial charge in [0.25, 0.3) is 0 Å². The average Bonchev–Trinajstić information content (AvgIpc) is 3.30. The summed E-state index contributed by atoms with van der Waals surface area (Å²) in [6.07, 6.45) is 8.33. The number of ether oxygens (including phenoxy) is 1. The van der Waals surface area contributed by atoms with Gasteiger partial charge in [0, 0.05) is 35.9 Å². The summed E-state index contributed by atoms with van der Waals surface area (Å²) in [6.45, 7) is 3.73. The molecule has 1 saturated carbocycles. The van der Waals surface area contributed by atoms with Crippen LogP contribution >= 0.6 is 0 Å². The van der Waals surface area contributed by atoms with Crippen LogP contribution in [-0.2, 0) is 11.2 Å². The van der Waals surface area contributed by atoms with Crippen molar-refractivity contribution in [3.05, 3.63) is 30.1 Å². The van der Waals surface area contributed by atoms with Crippen molar-refractivity contribution in [1.29, 1.82) is 0 Å². The second-order valence-electron chi connectivity index (χ2n) is 6.86. The highest BCUT2D eigenvalue weighted by Gasteiger charge is 2.30. The van der Waals surface area contributed by atoms with Gasteiger partial charge in [-0.2, -0.15) is 5.10 Å². The summed E-state index contributed by atoms with van der Waals surface area (Å²) in [5.74, 6) is 0.959. The van der Waals surface area contributed by atoms with Crippen molar-refractivity contribution >= 4 is 11.6 Å². The molecule has 0 bridgehead atoms. The molecule has 2 heterocycles. The maximum Gasteiger partial charge on any atom is 0.224 e. The van der Waals surface area contributed by atoms with Gasteiger partial charge in [0.1, 0.15) is 5.75 Å². The van der Waals surface area contributed by atoms with Crippen molar-refractivity contribution in [3.63, 3.8) is 0 Å². The fourth-order valence-electron chi connectivity index (χ4n) is 3.76. The van der Waals surface area contributed by atoms with Crippen LogP contribution in [0.25, 0.3) is 11.1 Å². The molecule has 0 N–H and O–H groups in total. The predicted molar refractivity (Wildman–Crippen MR) is 93.4 cm³/mol. The Balaban J connectivity index is 1.80. The van der Waals surface area contributed by atoms with Crippen molar-refractivity contribution in [1.82, 2.24) is 9.78 Å². The minimum absolute atomic E-state index is 0.0832. The number of hydrogen-bond donors (Lipinski definition) is 0. The smallest absolute Gasteiger partial charge is 0.224 e. The number of fused-ring (bicyclic) bond motifs is 1. The van der Waals surface area contributed by atoms with E-state index in [4.69, 9.17) is 4.74 Å². The molecule has 1 unspecified atom stereocenters. The number of carbonyl (C=O) groups excluding carboxylic acids is 1. The largest absolute Gasteiger partial charge is 0.496 e. The number of nitrogens with zero attached hydrogens (tertiary/aromatic N) is 3. The van der Waals surface area contributed by atoms with E-state index in [1.54, 1.807) is 14.0 Å². The summed E-state index contributed by atoms with van der Waals surface area (Å²) in [5.41, 5.74) is 4.25. The monoisotopic (exact) mass is 325 g/mol. The second kappa shape index (κ2) is 5.65. The van der Waals surface area contributed by atoms with Gasteiger partial charge in [0.05, 0.1) is 25.0 Å². The zero-order chi connectivity index (χ0) is 16.8. The molecular formula is C19H23N3O2. The quantitative estimate of drug-likeness (QED) is 0.866. The molecule has 2 aromatic rings. The lowest BCUT2D eigenvalue weighted by atomic mass is 9.92. The molecule has 1 atom stereocenters. The Morgan fingerprint density at radius 2 is 2.08 bits per heavy atom. The van der Waals surface area contributed by atoms with Crippen molar-refractivity contribution in [2.24, 2.45) is 0 Å². The first kappa shape index (κ1) is 15.2. The summed E-state index contributed by atoms with van der Waals surface area (Å²) in [4.78, 5) is 14.0. The Bertz CT molecular complexity index is 792. The fraction of sp³-hybridized carbons (Fsp3) is 0.474. The zero-order valence-corrected chi connectivity index (χ0v) is 14.5. The van der Waals surface area contributed by atoms with Crippen molar-refractivity contribution in [2.75, 3.05) is 12.0 Å². The van der Waals surface area contributed by atoms with Gasteiger partial charge < -0.3 is 9.64 Å². The summed E-state index contributed by atoms with van der Waals surface area (Å²) in [6, 6.07) is 4.90. The van der Waals surface area contributed by atoms with Crippen LogP contribution in [0.1, 0.15) is 44.7 Å². The zero-order valence-electron chi connectivity index (χ0n) is 14.5. The van der Waals surface area contributed by atoms with E-state index in [0.29, 0.717) is 6.04 Å². The van der Waals surface area contributed by atoms with Crippen LogP contribution in [0.3, 0.4) is 0 Å². The number of amides is 1. The number of hydrogen-bond acceptors (Lipinski definition) is 3. The van der Waals surface area contributed by atoms with E-state index in [9.17, 15) is 4.79 Å². The summed E-state index contributed by atoms with van der Waals surface area (Å²) < 4.78 is 7.83. The molecule has 1 aromatic carbocycles. The molecule has 0 saturated heterocycles. The van der Waals surface area contributed by atoms with Crippen molar-refractivity contribution < 1.29 is 9.53 Å². The minimum atomic E-state index is 0.0832. The normalized spacial score (nSPS) is 20.0. The Morgan fingerprint density at radius 3 is 2.75 bits per heavy atom. The van der Waals surface area contributed by atoms with Gasteiger partial charge in [-0.15, -0.1) is 0 Å². The van der Waals surface area contributed by atoms with E-state index in [2.05, 4.69) is 35.0 Å². The van der Waals surface area contributed by atoms with Crippen LogP contribution in [0, 0.1) is 0 Å². The lowest BCUT2D eigenvalue weighted by molar-refractivity contribution is -0.117. The molecule has 0 spiro atoms. The lowest BCUT2D eigenvalue weighted by Gasteiger charge is -2.35. The van der Waals surface area contributed by atoms with Gasteiger partial charge in [-0.25, -0.2) is 0 Å². The number of carbonyl (C=O) groups is 1. The van der Waals surface area contributed by atoms with Crippen LogP contribution in [0.4, 0.5) is 5.69 Å². The highest BCUT2D eigenvalue weighted by atomic mass is 16.5. The molecular weight excluding hydrogens is 302 g/mol. The van der Waals surface area contributed by atoms with E-state index in [0.717, 1.165) is 41.0 Å². The van der Waals surface area contributed by atoms with Crippen LogP contribution in [0.15, 0.2) is 24.5 Å². The van der Waals surface area contributed by atoms with Gasteiger partial charge in [0.2, 0.25) is 5.91 Å². The molecule has 1 amide bonds. The molecule has 1 aliphatic heterocycles. The summed E-state index contributed by atoms with van der Waals surface area (Å²) in [7, 11) is 1.71. The summed E-state index contributed by atoms with van der Waals surface area (Å²) >= 11 is 0. The van der Waals surface area contributed by atoms with Crippen molar-refractivity contribution in [3.8, 4) is 16.9 Å². The van der Waals surface area contributed by atoms with Gasteiger partial charge in [-0.05, 0) is 44.7 Å². The Kier molecular flexibility index (Phi) is 3.59. The van der Waals surface area contributed by atoms with Crippen molar-refractivity contribution in [2.45, 2.75) is 51.6 Å². The molecule has 5 nitrogen and oxygen atoms in total. The third-order valence-electron chi connectivity index (χ3n) is 5.13. The standard InChI is InChI=1S/C19H23N3O2/c1-12-4-7-17-18(22(12)13(2)23)9-8-16(19(17)24-3)14-10-20-21(11-14)15-5-6-15/h8-12,15H,4-7H2,1-3H3. The number of methoxy groups -OCH3 is 1. The minimum Gasteiger partial charge on any atom is -0.496 e. The van der Waals surface area contributed by atoms with Crippen LogP contribution < -0.4 is 9.64 Å². The molecule has 1 fully saturated rings. The molecule has 24 heavy (non-hydrogen) atoms. The second-order valence-corrected chi connectivity index (χ2v) is 6.86. The first-order valence-electron chi connectivity index (χ1n) is 8.64. The van der Waals surface area contributed by atoms with Gasteiger partial charge in [-0.3, -0.25) is 9.48 Å². The van der Waals surface area contributed by atoms with E-state index in [1.807, 2.05) is 11.1 Å². The first-order chi connectivity index (χ1) is 11.6.